The van der Waals surface area contributed by atoms with Crippen LogP contribution in [0.15, 0.2) is 23.5 Å². The Kier molecular flexibility index (Phi) is 3.39. The lowest BCUT2D eigenvalue weighted by atomic mass is 10.0. The van der Waals surface area contributed by atoms with E-state index in [0.29, 0.717) is 23.2 Å². The molecule has 8 heteroatoms. The highest BCUT2D eigenvalue weighted by molar-refractivity contribution is 7.97. The number of nitrogens with one attached hydrogen (secondary N) is 1. The van der Waals surface area contributed by atoms with Crippen molar-refractivity contribution in [1.29, 1.82) is 5.26 Å². The molecular weight excluding hydrogens is 351 g/mol. The first-order valence-corrected chi connectivity index (χ1v) is 9.34. The first kappa shape index (κ1) is 15.9. The van der Waals surface area contributed by atoms with Crippen molar-refractivity contribution in [2.45, 2.75) is 24.4 Å². The average molecular weight is 368 g/mol. The number of H-pyrrole nitrogens is 1. The van der Waals surface area contributed by atoms with Crippen molar-refractivity contribution in [3.8, 4) is 17.5 Å². The van der Waals surface area contributed by atoms with Gasteiger partial charge in [0.1, 0.15) is 18.2 Å². The maximum Gasteiger partial charge on any atom is 0.182 e. The van der Waals surface area contributed by atoms with E-state index in [2.05, 4.69) is 25.4 Å². The highest BCUT2D eigenvalue weighted by atomic mass is 32.2. The van der Waals surface area contributed by atoms with Gasteiger partial charge in [-0.05, 0) is 54.8 Å². The number of aromatic amines is 1. The summed E-state index contributed by atoms with van der Waals surface area (Å²) in [5.41, 5.74) is 2.10. The van der Waals surface area contributed by atoms with E-state index in [0.717, 1.165) is 34.5 Å². The molecule has 6 nitrogen and oxygen atoms in total. The molecule has 26 heavy (non-hydrogen) atoms. The van der Waals surface area contributed by atoms with Crippen LogP contribution in [0.3, 0.4) is 0 Å². The number of aromatic nitrogens is 4. The predicted molar refractivity (Wildman–Crippen MR) is 96.6 cm³/mol. The zero-order valence-electron chi connectivity index (χ0n) is 14.4. The summed E-state index contributed by atoms with van der Waals surface area (Å²) in [5, 5.41) is 15.4. The summed E-state index contributed by atoms with van der Waals surface area (Å²) in [5.74, 6) is 1.45. The van der Waals surface area contributed by atoms with Crippen molar-refractivity contribution in [3.05, 3.63) is 29.8 Å². The predicted octanol–water partition coefficient (Wildman–Crippen LogP) is 3.26. The number of rotatable bonds is 3. The van der Waals surface area contributed by atoms with E-state index in [1.165, 1.54) is 18.0 Å². The minimum absolute atomic E-state index is 0.0556. The standard InChI is InChI=1S/C18H17FN6S/c1-9-3-13(19)17-12(16(9)18-21-8-24(2)23-18)5-15(22-17)26-25-7-10-4-11(10)14(25)6-20/h3,5,8,10-11,14,22H,4,7H2,1-2H3. The van der Waals surface area contributed by atoms with Crippen LogP contribution >= 0.6 is 11.9 Å². The highest BCUT2D eigenvalue weighted by Gasteiger charge is 2.53. The fourth-order valence-electron chi connectivity index (χ4n) is 3.97. The van der Waals surface area contributed by atoms with Crippen LogP contribution in [0.4, 0.5) is 4.39 Å². The number of benzene rings is 1. The molecule has 1 saturated heterocycles. The van der Waals surface area contributed by atoms with Crippen molar-refractivity contribution < 1.29 is 4.39 Å². The molecule has 3 heterocycles. The number of aryl methyl sites for hydroxylation is 2. The van der Waals surface area contributed by atoms with E-state index >= 15 is 0 Å². The monoisotopic (exact) mass is 368 g/mol. The first-order valence-electron chi connectivity index (χ1n) is 8.57. The van der Waals surface area contributed by atoms with Gasteiger partial charge < -0.3 is 4.98 Å². The smallest absolute Gasteiger partial charge is 0.182 e. The van der Waals surface area contributed by atoms with Gasteiger partial charge in [0, 0.05) is 24.5 Å². The molecule has 5 rings (SSSR count). The van der Waals surface area contributed by atoms with Crippen LogP contribution < -0.4 is 0 Å². The SMILES string of the molecule is Cc1cc(F)c2[nH]c(SN3CC4CC4C3C#N)cc2c1-c1ncn(C)n1. The number of piperidine rings is 1. The summed E-state index contributed by atoms with van der Waals surface area (Å²) in [6, 6.07) is 5.82. The third kappa shape index (κ3) is 2.35. The number of hydrogen-bond donors (Lipinski definition) is 1. The maximum absolute atomic E-state index is 14.5. The Morgan fingerprint density at radius 2 is 2.27 bits per heavy atom. The van der Waals surface area contributed by atoms with Gasteiger partial charge in [-0.25, -0.2) is 13.7 Å². The van der Waals surface area contributed by atoms with Crippen molar-refractivity contribution in [2.75, 3.05) is 6.54 Å². The Morgan fingerprint density at radius 1 is 1.42 bits per heavy atom. The molecular formula is C18H17FN6S. The molecule has 1 saturated carbocycles. The maximum atomic E-state index is 14.5. The van der Waals surface area contributed by atoms with Gasteiger partial charge in [-0.1, -0.05) is 0 Å². The molecule has 2 fully saturated rings. The van der Waals surface area contributed by atoms with Gasteiger partial charge in [-0.3, -0.25) is 4.68 Å². The molecule has 0 bridgehead atoms. The van der Waals surface area contributed by atoms with E-state index < -0.39 is 0 Å². The van der Waals surface area contributed by atoms with Gasteiger partial charge in [0.15, 0.2) is 5.82 Å². The number of nitriles is 1. The van der Waals surface area contributed by atoms with Gasteiger partial charge in [0.25, 0.3) is 0 Å². The van der Waals surface area contributed by atoms with E-state index in [1.807, 2.05) is 20.0 Å². The number of halogens is 1. The summed E-state index contributed by atoms with van der Waals surface area (Å²) >= 11 is 1.51. The minimum Gasteiger partial charge on any atom is -0.346 e. The Balaban J connectivity index is 1.57. The molecule has 0 spiro atoms. The normalized spacial score (nSPS) is 24.8. The van der Waals surface area contributed by atoms with Gasteiger partial charge in [-0.2, -0.15) is 10.4 Å². The third-order valence-electron chi connectivity index (χ3n) is 5.32. The number of hydrogen-bond acceptors (Lipinski definition) is 5. The molecule has 0 radical (unpaired) electrons. The van der Waals surface area contributed by atoms with Crippen molar-refractivity contribution in [2.24, 2.45) is 18.9 Å². The zero-order chi connectivity index (χ0) is 18.0. The van der Waals surface area contributed by atoms with Crippen LogP contribution in [-0.4, -0.2) is 36.6 Å². The van der Waals surface area contributed by atoms with Crippen LogP contribution in [0.1, 0.15) is 12.0 Å². The molecule has 2 aromatic heterocycles. The summed E-state index contributed by atoms with van der Waals surface area (Å²) in [6.45, 7) is 2.78. The van der Waals surface area contributed by atoms with E-state index in [1.54, 1.807) is 11.0 Å². The Morgan fingerprint density at radius 3 is 3.00 bits per heavy atom. The molecule has 2 aliphatic rings. The highest BCUT2D eigenvalue weighted by Crippen LogP contribution is 2.52. The van der Waals surface area contributed by atoms with Gasteiger partial charge in [-0.15, -0.1) is 0 Å². The summed E-state index contributed by atoms with van der Waals surface area (Å²) in [6.07, 6.45) is 2.80. The van der Waals surface area contributed by atoms with Crippen molar-refractivity contribution in [1.82, 2.24) is 24.1 Å². The molecule has 3 unspecified atom stereocenters. The second-order valence-electron chi connectivity index (χ2n) is 7.14. The third-order valence-corrected chi connectivity index (χ3v) is 6.34. The Bertz CT molecular complexity index is 1060. The van der Waals surface area contributed by atoms with Crippen LogP contribution in [-0.2, 0) is 7.05 Å². The molecule has 1 aromatic carbocycles. The molecule has 3 atom stereocenters. The first-order chi connectivity index (χ1) is 12.5. The van der Waals surface area contributed by atoms with Gasteiger partial charge in [0.2, 0.25) is 0 Å². The second kappa shape index (κ2) is 5.56. The quantitative estimate of drug-likeness (QED) is 0.719. The van der Waals surface area contributed by atoms with Gasteiger partial charge >= 0.3 is 0 Å². The van der Waals surface area contributed by atoms with Crippen LogP contribution in [0.25, 0.3) is 22.3 Å². The van der Waals surface area contributed by atoms with Crippen LogP contribution in [0.5, 0.6) is 0 Å². The van der Waals surface area contributed by atoms with Crippen molar-refractivity contribution >= 4 is 22.9 Å². The lowest BCUT2D eigenvalue weighted by Gasteiger charge is -2.19. The Labute approximate surface area is 154 Å². The lowest BCUT2D eigenvalue weighted by molar-refractivity contribution is 0.448. The fourth-order valence-corrected chi connectivity index (χ4v) is 5.12. The fraction of sp³-hybridized carbons (Fsp3) is 0.389. The zero-order valence-corrected chi connectivity index (χ0v) is 15.2. The molecule has 0 amide bonds. The van der Waals surface area contributed by atoms with Gasteiger partial charge in [0.05, 0.1) is 16.6 Å². The summed E-state index contributed by atoms with van der Waals surface area (Å²) in [7, 11) is 1.81. The Hall–Kier alpha value is -2.37. The number of fused-ring (bicyclic) bond motifs is 2. The second-order valence-corrected chi connectivity index (χ2v) is 8.23. The minimum atomic E-state index is -0.287. The van der Waals surface area contributed by atoms with Crippen LogP contribution in [0, 0.1) is 35.9 Å². The van der Waals surface area contributed by atoms with Crippen LogP contribution in [0.2, 0.25) is 0 Å². The van der Waals surface area contributed by atoms with Crippen molar-refractivity contribution in [3.63, 3.8) is 0 Å². The molecule has 132 valence electrons. The summed E-state index contributed by atoms with van der Waals surface area (Å²) < 4.78 is 18.3. The molecule has 3 aromatic rings. The van der Waals surface area contributed by atoms with E-state index in [4.69, 9.17) is 0 Å². The molecule has 1 aliphatic heterocycles. The molecule has 1 aliphatic carbocycles. The lowest BCUT2D eigenvalue weighted by Crippen LogP contribution is -2.25. The number of nitrogens with zero attached hydrogens (tertiary/aromatic N) is 5. The largest absolute Gasteiger partial charge is 0.346 e. The van der Waals surface area contributed by atoms with E-state index in [-0.39, 0.29) is 11.9 Å². The topological polar surface area (TPSA) is 73.5 Å². The average Bonchev–Trinajstić information content (AvgIpc) is 2.95. The molecule has 1 N–H and O–H groups in total. The summed E-state index contributed by atoms with van der Waals surface area (Å²) in [4.78, 5) is 7.52. The van der Waals surface area contributed by atoms with E-state index in [9.17, 15) is 9.65 Å².